The van der Waals surface area contributed by atoms with Gasteiger partial charge in [0.2, 0.25) is 0 Å². The van der Waals surface area contributed by atoms with Gasteiger partial charge in [-0.3, -0.25) is 25.0 Å². The summed E-state index contributed by atoms with van der Waals surface area (Å²) in [6.07, 6.45) is 1.41. The first-order chi connectivity index (χ1) is 18.6. The Kier molecular flexibility index (Phi) is 8.29. The molecule has 39 heavy (non-hydrogen) atoms. The van der Waals surface area contributed by atoms with E-state index in [9.17, 15) is 24.5 Å². The van der Waals surface area contributed by atoms with Crippen molar-refractivity contribution in [3.05, 3.63) is 96.1 Å². The number of ether oxygens (including phenoxy) is 2. The normalized spacial score (nSPS) is 14.4. The van der Waals surface area contributed by atoms with Crippen LogP contribution in [-0.4, -0.2) is 29.4 Å². The number of nitro benzene ring substituents is 1. The van der Waals surface area contributed by atoms with E-state index in [1.54, 1.807) is 36.4 Å². The Bertz CT molecular complexity index is 1500. The van der Waals surface area contributed by atoms with Crippen LogP contribution in [0.1, 0.15) is 29.2 Å². The van der Waals surface area contributed by atoms with Crippen molar-refractivity contribution in [2.75, 3.05) is 11.5 Å². The number of hydrogen-bond acceptors (Lipinski definition) is 7. The number of halogens is 1. The fraction of sp³-hybridized carbons (Fsp3) is 0.179. The van der Waals surface area contributed by atoms with Crippen molar-refractivity contribution in [3.63, 3.8) is 0 Å². The number of carbonyl (C=O) groups excluding carboxylic acids is 3. The minimum Gasteiger partial charge on any atom is -0.490 e. The van der Waals surface area contributed by atoms with Gasteiger partial charge < -0.3 is 9.47 Å². The Morgan fingerprint density at radius 3 is 2.28 bits per heavy atom. The zero-order valence-electron chi connectivity index (χ0n) is 21.3. The molecule has 0 bridgehead atoms. The van der Waals surface area contributed by atoms with Crippen LogP contribution in [0.15, 0.2) is 60.2 Å². The molecule has 10 nitrogen and oxygen atoms in total. The number of carbonyl (C=O) groups is 3. The van der Waals surface area contributed by atoms with Gasteiger partial charge in [-0.25, -0.2) is 9.69 Å². The number of benzene rings is 3. The highest BCUT2D eigenvalue weighted by Gasteiger charge is 2.37. The largest absolute Gasteiger partial charge is 0.490 e. The molecule has 11 heteroatoms. The van der Waals surface area contributed by atoms with Crippen molar-refractivity contribution in [3.8, 4) is 11.5 Å². The van der Waals surface area contributed by atoms with Crippen LogP contribution in [0.3, 0.4) is 0 Å². The summed E-state index contributed by atoms with van der Waals surface area (Å²) < 4.78 is 12.4. The number of barbiturate groups is 1. The van der Waals surface area contributed by atoms with Crippen LogP contribution >= 0.6 is 22.6 Å². The molecule has 0 unspecified atom stereocenters. The minimum absolute atomic E-state index is 0.0141. The lowest BCUT2D eigenvalue weighted by molar-refractivity contribution is -0.384. The summed E-state index contributed by atoms with van der Waals surface area (Å²) in [5.74, 6) is -0.689. The van der Waals surface area contributed by atoms with E-state index in [0.29, 0.717) is 32.9 Å². The Morgan fingerprint density at radius 2 is 1.67 bits per heavy atom. The molecular formula is C28H24IN3O7. The van der Waals surface area contributed by atoms with E-state index >= 15 is 0 Å². The maximum atomic E-state index is 13.3. The topological polar surface area (TPSA) is 128 Å². The Hall–Kier alpha value is -4.26. The van der Waals surface area contributed by atoms with Gasteiger partial charge in [0.05, 0.1) is 20.8 Å². The zero-order valence-corrected chi connectivity index (χ0v) is 23.5. The fourth-order valence-corrected chi connectivity index (χ4v) is 4.86. The maximum Gasteiger partial charge on any atom is 0.335 e. The van der Waals surface area contributed by atoms with Gasteiger partial charge in [-0.05, 0) is 108 Å². The van der Waals surface area contributed by atoms with Crippen molar-refractivity contribution in [2.24, 2.45) is 0 Å². The molecule has 1 saturated heterocycles. The molecule has 200 valence electrons. The predicted molar refractivity (Wildman–Crippen MR) is 153 cm³/mol. The highest BCUT2D eigenvalue weighted by atomic mass is 127. The van der Waals surface area contributed by atoms with Gasteiger partial charge in [-0.15, -0.1) is 0 Å². The zero-order chi connectivity index (χ0) is 28.3. The molecule has 1 N–H and O–H groups in total. The summed E-state index contributed by atoms with van der Waals surface area (Å²) >= 11 is 2.06. The lowest BCUT2D eigenvalue weighted by atomic mass is 10.0. The average Bonchev–Trinajstić information content (AvgIpc) is 2.86. The molecule has 0 aromatic heterocycles. The van der Waals surface area contributed by atoms with Crippen LogP contribution in [0.5, 0.6) is 11.5 Å². The van der Waals surface area contributed by atoms with Gasteiger partial charge >= 0.3 is 6.03 Å². The van der Waals surface area contributed by atoms with Crippen molar-refractivity contribution in [2.45, 2.75) is 27.4 Å². The predicted octanol–water partition coefficient (Wildman–Crippen LogP) is 5.46. The molecule has 3 aromatic rings. The second-order valence-electron chi connectivity index (χ2n) is 8.78. The second-order valence-corrected chi connectivity index (χ2v) is 9.94. The van der Waals surface area contributed by atoms with Crippen molar-refractivity contribution < 1.29 is 28.8 Å². The smallest absolute Gasteiger partial charge is 0.335 e. The summed E-state index contributed by atoms with van der Waals surface area (Å²) in [6.45, 7) is 5.99. The number of urea groups is 1. The summed E-state index contributed by atoms with van der Waals surface area (Å²) in [6, 6.07) is 13.9. The van der Waals surface area contributed by atoms with E-state index in [1.807, 2.05) is 26.8 Å². The number of anilines is 1. The molecule has 0 spiro atoms. The van der Waals surface area contributed by atoms with E-state index < -0.39 is 22.8 Å². The number of hydrogen-bond donors (Lipinski definition) is 1. The van der Waals surface area contributed by atoms with Crippen LogP contribution in [-0.2, 0) is 16.2 Å². The number of nitrogens with one attached hydrogen (secondary N) is 1. The lowest BCUT2D eigenvalue weighted by Crippen LogP contribution is -2.54. The molecule has 4 amide bonds. The van der Waals surface area contributed by atoms with Gasteiger partial charge in [-0.2, -0.15) is 0 Å². The molecule has 0 saturated carbocycles. The molecule has 1 heterocycles. The van der Waals surface area contributed by atoms with Crippen molar-refractivity contribution in [1.29, 1.82) is 0 Å². The van der Waals surface area contributed by atoms with E-state index in [1.165, 1.54) is 18.2 Å². The Balaban J connectivity index is 1.64. The molecule has 3 aromatic carbocycles. The Morgan fingerprint density at radius 1 is 1.00 bits per heavy atom. The quantitative estimate of drug-likeness (QED) is 0.114. The van der Waals surface area contributed by atoms with Crippen LogP contribution < -0.4 is 19.7 Å². The maximum absolute atomic E-state index is 13.3. The number of nitrogens with zero attached hydrogens (tertiary/aromatic N) is 2. The number of non-ortho nitro benzene ring substituents is 1. The third-order valence-corrected chi connectivity index (χ3v) is 6.54. The first kappa shape index (κ1) is 27.8. The first-order valence-corrected chi connectivity index (χ1v) is 13.0. The molecule has 1 fully saturated rings. The van der Waals surface area contributed by atoms with Gasteiger partial charge in [0.15, 0.2) is 11.5 Å². The highest BCUT2D eigenvalue weighted by Crippen LogP contribution is 2.36. The standard InChI is InChI=1S/C28H24IN3O7/c1-4-38-24-14-19(13-23(29)25(24)39-15-18-5-7-20(8-6-18)32(36)37)12-22-26(33)30-28(35)31(27(22)34)21-10-16(2)9-17(3)11-21/h5-14H,4,15H2,1-3H3,(H,30,33,35)/b22-12+. The molecule has 4 rings (SSSR count). The van der Waals surface area contributed by atoms with Gasteiger partial charge in [0, 0.05) is 12.1 Å². The SMILES string of the molecule is CCOc1cc(/C=C2\C(=O)NC(=O)N(c3cc(C)cc(C)c3)C2=O)cc(I)c1OCc1ccc([N+](=O)[O-])cc1. The third kappa shape index (κ3) is 6.25. The number of amides is 4. The van der Waals surface area contributed by atoms with Crippen LogP contribution in [0.25, 0.3) is 6.08 Å². The molecule has 0 atom stereocenters. The highest BCUT2D eigenvalue weighted by molar-refractivity contribution is 14.1. The van der Waals surface area contributed by atoms with E-state index in [0.717, 1.165) is 21.6 Å². The molecular weight excluding hydrogens is 617 g/mol. The average molecular weight is 641 g/mol. The molecule has 0 radical (unpaired) electrons. The summed E-state index contributed by atoms with van der Waals surface area (Å²) in [7, 11) is 0. The summed E-state index contributed by atoms with van der Waals surface area (Å²) in [5, 5.41) is 13.1. The second kappa shape index (κ2) is 11.6. The van der Waals surface area contributed by atoms with Gasteiger partial charge in [0.1, 0.15) is 12.2 Å². The van der Waals surface area contributed by atoms with Crippen LogP contribution in [0, 0.1) is 27.5 Å². The van der Waals surface area contributed by atoms with Crippen molar-refractivity contribution in [1.82, 2.24) is 5.32 Å². The monoisotopic (exact) mass is 641 g/mol. The van der Waals surface area contributed by atoms with E-state index in [4.69, 9.17) is 9.47 Å². The van der Waals surface area contributed by atoms with E-state index in [2.05, 4.69) is 27.9 Å². The third-order valence-electron chi connectivity index (χ3n) is 5.74. The Labute approximate surface area is 237 Å². The fourth-order valence-electron chi connectivity index (χ4n) is 4.08. The van der Waals surface area contributed by atoms with Gasteiger partial charge in [0.25, 0.3) is 17.5 Å². The summed E-state index contributed by atoms with van der Waals surface area (Å²) in [5.41, 5.74) is 3.12. The number of imide groups is 2. The first-order valence-electron chi connectivity index (χ1n) is 11.9. The summed E-state index contributed by atoms with van der Waals surface area (Å²) in [4.78, 5) is 50.0. The molecule has 0 aliphatic carbocycles. The number of nitro groups is 1. The van der Waals surface area contributed by atoms with Gasteiger partial charge in [-0.1, -0.05) is 6.07 Å². The molecule has 1 aliphatic rings. The van der Waals surface area contributed by atoms with Crippen LogP contribution in [0.2, 0.25) is 0 Å². The number of aryl methyl sites for hydroxylation is 2. The van der Waals surface area contributed by atoms with Crippen molar-refractivity contribution >= 4 is 57.9 Å². The minimum atomic E-state index is -0.813. The number of rotatable bonds is 8. The van der Waals surface area contributed by atoms with Crippen LogP contribution in [0.4, 0.5) is 16.2 Å². The molecule has 1 aliphatic heterocycles. The van der Waals surface area contributed by atoms with E-state index in [-0.39, 0.29) is 17.9 Å². The lowest BCUT2D eigenvalue weighted by Gasteiger charge is -2.27.